The highest BCUT2D eigenvalue weighted by Crippen LogP contribution is 2.41. The van der Waals surface area contributed by atoms with Gasteiger partial charge in [0.25, 0.3) is 11.7 Å². The van der Waals surface area contributed by atoms with Gasteiger partial charge in [0.15, 0.2) is 0 Å². The number of aliphatic hydroxyl groups excluding tert-OH is 1. The van der Waals surface area contributed by atoms with Crippen LogP contribution in [0.4, 0.5) is 0 Å². The summed E-state index contributed by atoms with van der Waals surface area (Å²) in [5.41, 5.74) is 2.40. The van der Waals surface area contributed by atoms with Crippen LogP contribution in [0, 0.1) is 0 Å². The van der Waals surface area contributed by atoms with Gasteiger partial charge in [-0.15, -0.1) is 0 Å². The zero-order chi connectivity index (χ0) is 26.5. The first kappa shape index (κ1) is 26.7. The summed E-state index contributed by atoms with van der Waals surface area (Å²) in [6.45, 7) is 12.0. The number of nitrogens with zero attached hydrogens (tertiary/aromatic N) is 2. The van der Waals surface area contributed by atoms with E-state index in [1.807, 2.05) is 50.2 Å². The number of hydrogen-bond acceptors (Lipinski definition) is 6. The molecule has 7 nitrogen and oxygen atoms in total. The maximum absolute atomic E-state index is 13.3. The van der Waals surface area contributed by atoms with Crippen LogP contribution >= 0.6 is 0 Å². The first-order chi connectivity index (χ1) is 17.9. The fourth-order valence-corrected chi connectivity index (χ4v) is 5.15. The Hall–Kier alpha value is -3.32. The summed E-state index contributed by atoms with van der Waals surface area (Å²) in [6, 6.07) is 12.2. The number of ketones is 1. The second-order valence-corrected chi connectivity index (χ2v) is 9.75. The van der Waals surface area contributed by atoms with Gasteiger partial charge in [-0.3, -0.25) is 9.59 Å². The highest BCUT2D eigenvalue weighted by molar-refractivity contribution is 6.46. The van der Waals surface area contributed by atoms with Gasteiger partial charge in [0.2, 0.25) is 0 Å². The van der Waals surface area contributed by atoms with Crippen molar-refractivity contribution in [2.24, 2.45) is 0 Å². The first-order valence-electron chi connectivity index (χ1n) is 13.4. The molecule has 7 heteroatoms. The SMILES string of the molecule is CCCOc1ccc([C@@H]2/C(=C(\O)c3ccc4c(c3)C[C@H](C)O4)C(=O)C(=O)N2CCCN(CC)CC)cc1. The van der Waals surface area contributed by atoms with Crippen LogP contribution in [0.5, 0.6) is 11.5 Å². The molecule has 2 atom stereocenters. The Labute approximate surface area is 219 Å². The van der Waals surface area contributed by atoms with Gasteiger partial charge in [-0.2, -0.15) is 0 Å². The van der Waals surface area contributed by atoms with Gasteiger partial charge >= 0.3 is 0 Å². The summed E-state index contributed by atoms with van der Waals surface area (Å²) in [7, 11) is 0. The van der Waals surface area contributed by atoms with Crippen molar-refractivity contribution in [2.75, 3.05) is 32.8 Å². The van der Waals surface area contributed by atoms with E-state index in [2.05, 4.69) is 18.7 Å². The number of benzene rings is 2. The van der Waals surface area contributed by atoms with Crippen molar-refractivity contribution in [3.8, 4) is 11.5 Å². The number of aliphatic hydroxyl groups is 1. The Balaban J connectivity index is 1.71. The lowest BCUT2D eigenvalue weighted by Gasteiger charge is -2.27. The topological polar surface area (TPSA) is 79.3 Å². The molecule has 4 rings (SSSR count). The van der Waals surface area contributed by atoms with E-state index < -0.39 is 17.7 Å². The van der Waals surface area contributed by atoms with Crippen LogP contribution in [0.25, 0.3) is 5.76 Å². The maximum Gasteiger partial charge on any atom is 0.295 e. The van der Waals surface area contributed by atoms with E-state index in [1.54, 1.807) is 11.0 Å². The van der Waals surface area contributed by atoms with E-state index in [4.69, 9.17) is 9.47 Å². The molecule has 2 aliphatic heterocycles. The molecule has 0 saturated carbocycles. The molecule has 1 N–H and O–H groups in total. The molecule has 0 unspecified atom stereocenters. The monoisotopic (exact) mass is 506 g/mol. The van der Waals surface area contributed by atoms with Gasteiger partial charge in [-0.05, 0) is 80.9 Å². The molecule has 0 bridgehead atoms. The molecule has 1 fully saturated rings. The summed E-state index contributed by atoms with van der Waals surface area (Å²) in [5, 5.41) is 11.4. The summed E-state index contributed by atoms with van der Waals surface area (Å²) in [4.78, 5) is 30.5. The van der Waals surface area contributed by atoms with Crippen LogP contribution in [0.15, 0.2) is 48.0 Å². The van der Waals surface area contributed by atoms with Crippen molar-refractivity contribution in [3.05, 3.63) is 64.7 Å². The number of ether oxygens (including phenoxy) is 2. The molecule has 0 radical (unpaired) electrons. The molecule has 1 amide bonds. The Morgan fingerprint density at radius 3 is 2.51 bits per heavy atom. The summed E-state index contributed by atoms with van der Waals surface area (Å²) < 4.78 is 11.5. The largest absolute Gasteiger partial charge is 0.507 e. The smallest absolute Gasteiger partial charge is 0.295 e. The second kappa shape index (κ2) is 11.8. The van der Waals surface area contributed by atoms with Gasteiger partial charge in [-0.1, -0.05) is 32.9 Å². The minimum atomic E-state index is -0.666. The van der Waals surface area contributed by atoms with Crippen LogP contribution in [-0.4, -0.2) is 65.5 Å². The summed E-state index contributed by atoms with van der Waals surface area (Å²) in [6.07, 6.45) is 2.44. The zero-order valence-electron chi connectivity index (χ0n) is 22.3. The molecular weight excluding hydrogens is 468 g/mol. The lowest BCUT2D eigenvalue weighted by molar-refractivity contribution is -0.140. The van der Waals surface area contributed by atoms with Crippen LogP contribution in [-0.2, 0) is 16.0 Å². The lowest BCUT2D eigenvalue weighted by Crippen LogP contribution is -2.33. The molecule has 2 aromatic carbocycles. The van der Waals surface area contributed by atoms with Crippen molar-refractivity contribution in [3.63, 3.8) is 0 Å². The number of amides is 1. The summed E-state index contributed by atoms with van der Waals surface area (Å²) in [5.74, 6) is 0.150. The van der Waals surface area contributed by atoms with Gasteiger partial charge in [0, 0.05) is 18.5 Å². The van der Waals surface area contributed by atoms with Crippen molar-refractivity contribution >= 4 is 17.4 Å². The second-order valence-electron chi connectivity index (χ2n) is 9.75. The number of likely N-dealkylation sites (tertiary alicyclic amines) is 1. The third-order valence-electron chi connectivity index (χ3n) is 7.15. The average Bonchev–Trinajstić information content (AvgIpc) is 3.40. The van der Waals surface area contributed by atoms with E-state index in [0.29, 0.717) is 18.7 Å². The Kier molecular flexibility index (Phi) is 8.54. The third kappa shape index (κ3) is 5.67. The van der Waals surface area contributed by atoms with Gasteiger partial charge in [0.1, 0.15) is 23.4 Å². The number of Topliss-reactive ketones (excluding diaryl/α,β-unsaturated/α-hetero) is 1. The van der Waals surface area contributed by atoms with Crippen molar-refractivity contribution in [2.45, 2.75) is 59.1 Å². The third-order valence-corrected chi connectivity index (χ3v) is 7.15. The van der Waals surface area contributed by atoms with Crippen molar-refractivity contribution in [1.29, 1.82) is 0 Å². The van der Waals surface area contributed by atoms with Crippen LogP contribution in [0.2, 0.25) is 0 Å². The average molecular weight is 507 g/mol. The number of carbonyl (C=O) groups excluding carboxylic acids is 2. The fourth-order valence-electron chi connectivity index (χ4n) is 5.15. The van der Waals surface area contributed by atoms with Gasteiger partial charge < -0.3 is 24.4 Å². The normalized spacial score (nSPS) is 20.4. The Morgan fingerprint density at radius 2 is 1.84 bits per heavy atom. The molecule has 0 aromatic heterocycles. The minimum absolute atomic E-state index is 0.0669. The van der Waals surface area contributed by atoms with E-state index in [-0.39, 0.29) is 17.4 Å². The zero-order valence-corrected chi connectivity index (χ0v) is 22.3. The van der Waals surface area contributed by atoms with Gasteiger partial charge in [0.05, 0.1) is 18.2 Å². The standard InChI is InChI=1S/C30H38N2O5/c1-5-17-36-24-12-9-21(10-13-24)27-26(28(33)22-11-14-25-23(19-22)18-20(4)37-25)29(34)30(35)32(27)16-8-15-31(6-2)7-3/h9-14,19-20,27,33H,5-8,15-18H2,1-4H3/b28-26+/t20-,27+/m0/s1. The van der Waals surface area contributed by atoms with Gasteiger partial charge in [-0.25, -0.2) is 0 Å². The lowest BCUT2D eigenvalue weighted by atomic mass is 9.94. The number of hydrogen-bond donors (Lipinski definition) is 1. The van der Waals surface area contributed by atoms with E-state index in [0.717, 1.165) is 61.5 Å². The highest BCUT2D eigenvalue weighted by Gasteiger charge is 2.46. The van der Waals surface area contributed by atoms with E-state index in [1.165, 1.54) is 0 Å². The predicted octanol–water partition coefficient (Wildman–Crippen LogP) is 4.95. The molecule has 2 aromatic rings. The molecule has 0 spiro atoms. The number of carbonyl (C=O) groups is 2. The maximum atomic E-state index is 13.3. The van der Waals surface area contributed by atoms with E-state index >= 15 is 0 Å². The van der Waals surface area contributed by atoms with E-state index in [9.17, 15) is 14.7 Å². The molecular formula is C30H38N2O5. The first-order valence-corrected chi connectivity index (χ1v) is 13.4. The van der Waals surface area contributed by atoms with Crippen molar-refractivity contribution in [1.82, 2.24) is 9.80 Å². The molecule has 2 heterocycles. The quantitative estimate of drug-likeness (QED) is 0.264. The molecule has 2 aliphatic rings. The molecule has 37 heavy (non-hydrogen) atoms. The molecule has 0 aliphatic carbocycles. The van der Waals surface area contributed by atoms with Crippen LogP contribution in [0.3, 0.4) is 0 Å². The molecule has 198 valence electrons. The fraction of sp³-hybridized carbons (Fsp3) is 0.467. The predicted molar refractivity (Wildman–Crippen MR) is 144 cm³/mol. The van der Waals surface area contributed by atoms with Crippen molar-refractivity contribution < 1.29 is 24.2 Å². The highest BCUT2D eigenvalue weighted by atomic mass is 16.5. The molecule has 1 saturated heterocycles. The number of fused-ring (bicyclic) bond motifs is 1. The number of rotatable bonds is 11. The minimum Gasteiger partial charge on any atom is -0.507 e. The summed E-state index contributed by atoms with van der Waals surface area (Å²) >= 11 is 0. The Bertz CT molecular complexity index is 1150. The van der Waals surface area contributed by atoms with Crippen LogP contribution < -0.4 is 9.47 Å². The Morgan fingerprint density at radius 1 is 1.11 bits per heavy atom. The van der Waals surface area contributed by atoms with Crippen LogP contribution in [0.1, 0.15) is 63.3 Å².